The standard InChI is InChI=1S/C15H16NO/c1-2-3-12-4-8-14(9-5-12)17-15-10-6-13(16)7-11-15/h4-11H,1-3,16H2. The van der Waals surface area contributed by atoms with Crippen LogP contribution in [0.15, 0.2) is 48.5 Å². The zero-order valence-corrected chi connectivity index (χ0v) is 9.73. The van der Waals surface area contributed by atoms with Crippen molar-refractivity contribution >= 4 is 5.69 Å². The minimum absolute atomic E-state index is 0.739. The molecule has 2 nitrogen and oxygen atoms in total. The summed E-state index contributed by atoms with van der Waals surface area (Å²) < 4.78 is 5.70. The Hall–Kier alpha value is -1.96. The first-order valence-corrected chi connectivity index (χ1v) is 5.69. The summed E-state index contributed by atoms with van der Waals surface area (Å²) in [6.07, 6.45) is 1.92. The SMILES string of the molecule is [CH2]CCc1ccc(Oc2ccc(N)cc2)cc1. The lowest BCUT2D eigenvalue weighted by molar-refractivity contribution is 0.482. The first kappa shape index (κ1) is 11.5. The van der Waals surface area contributed by atoms with E-state index < -0.39 is 0 Å². The minimum Gasteiger partial charge on any atom is -0.457 e. The monoisotopic (exact) mass is 226 g/mol. The Kier molecular flexibility index (Phi) is 3.66. The average molecular weight is 226 g/mol. The van der Waals surface area contributed by atoms with Crippen LogP contribution in [0.5, 0.6) is 11.5 Å². The number of hydrogen-bond acceptors (Lipinski definition) is 2. The van der Waals surface area contributed by atoms with Gasteiger partial charge in [0.15, 0.2) is 0 Å². The van der Waals surface area contributed by atoms with E-state index in [9.17, 15) is 0 Å². The fourth-order valence-corrected chi connectivity index (χ4v) is 1.60. The summed E-state index contributed by atoms with van der Waals surface area (Å²) in [6.45, 7) is 3.84. The van der Waals surface area contributed by atoms with Crippen molar-refractivity contribution in [3.63, 3.8) is 0 Å². The van der Waals surface area contributed by atoms with Gasteiger partial charge >= 0.3 is 0 Å². The van der Waals surface area contributed by atoms with Crippen LogP contribution < -0.4 is 10.5 Å². The molecule has 2 aromatic rings. The number of nitrogen functional groups attached to an aromatic ring is 1. The molecule has 0 heterocycles. The number of hydrogen-bond donors (Lipinski definition) is 1. The average Bonchev–Trinajstić information content (AvgIpc) is 2.35. The van der Waals surface area contributed by atoms with Gasteiger partial charge in [-0.05, 0) is 54.8 Å². The maximum atomic E-state index is 5.70. The van der Waals surface area contributed by atoms with Gasteiger partial charge < -0.3 is 10.5 Å². The Bertz CT molecular complexity index is 459. The maximum absolute atomic E-state index is 5.70. The van der Waals surface area contributed by atoms with Crippen LogP contribution in [0.25, 0.3) is 0 Å². The summed E-state index contributed by atoms with van der Waals surface area (Å²) in [5, 5.41) is 0. The predicted octanol–water partition coefficient (Wildman–Crippen LogP) is 3.83. The van der Waals surface area contributed by atoms with Gasteiger partial charge in [-0.15, -0.1) is 0 Å². The van der Waals surface area contributed by atoms with E-state index in [0.717, 1.165) is 30.0 Å². The highest BCUT2D eigenvalue weighted by Crippen LogP contribution is 2.22. The molecule has 0 saturated carbocycles. The summed E-state index contributed by atoms with van der Waals surface area (Å²) in [6, 6.07) is 15.5. The van der Waals surface area contributed by atoms with Crippen LogP contribution in [0, 0.1) is 6.92 Å². The molecule has 17 heavy (non-hydrogen) atoms. The van der Waals surface area contributed by atoms with Crippen molar-refractivity contribution in [1.82, 2.24) is 0 Å². The Morgan fingerprint density at radius 2 is 1.41 bits per heavy atom. The molecule has 0 aliphatic rings. The zero-order valence-electron chi connectivity index (χ0n) is 9.73. The zero-order chi connectivity index (χ0) is 12.1. The molecule has 0 fully saturated rings. The number of rotatable bonds is 4. The van der Waals surface area contributed by atoms with Gasteiger partial charge in [0.2, 0.25) is 0 Å². The Morgan fingerprint density at radius 1 is 0.882 bits per heavy atom. The van der Waals surface area contributed by atoms with Crippen LogP contribution in [0.1, 0.15) is 12.0 Å². The summed E-state index contributed by atoms with van der Waals surface area (Å²) in [7, 11) is 0. The van der Waals surface area contributed by atoms with Crippen molar-refractivity contribution in [2.24, 2.45) is 0 Å². The molecular weight excluding hydrogens is 210 g/mol. The van der Waals surface area contributed by atoms with Gasteiger partial charge in [0.1, 0.15) is 11.5 Å². The van der Waals surface area contributed by atoms with Crippen LogP contribution in [0.4, 0.5) is 5.69 Å². The van der Waals surface area contributed by atoms with E-state index in [0.29, 0.717) is 0 Å². The largest absolute Gasteiger partial charge is 0.457 e. The van der Waals surface area contributed by atoms with Crippen molar-refractivity contribution in [3.8, 4) is 11.5 Å². The van der Waals surface area contributed by atoms with Crippen molar-refractivity contribution < 1.29 is 4.74 Å². The smallest absolute Gasteiger partial charge is 0.127 e. The third-order valence-corrected chi connectivity index (χ3v) is 2.50. The fraction of sp³-hybridized carbons (Fsp3) is 0.133. The number of anilines is 1. The van der Waals surface area contributed by atoms with Gasteiger partial charge in [0.05, 0.1) is 0 Å². The van der Waals surface area contributed by atoms with Gasteiger partial charge in [-0.1, -0.05) is 19.1 Å². The highest BCUT2D eigenvalue weighted by molar-refractivity contribution is 5.43. The Morgan fingerprint density at radius 3 is 1.94 bits per heavy atom. The van der Waals surface area contributed by atoms with E-state index in [1.807, 2.05) is 36.4 Å². The molecule has 0 saturated heterocycles. The number of ether oxygens (including phenoxy) is 1. The van der Waals surface area contributed by atoms with E-state index in [2.05, 4.69) is 19.1 Å². The van der Waals surface area contributed by atoms with Crippen LogP contribution >= 0.6 is 0 Å². The van der Waals surface area contributed by atoms with Crippen molar-refractivity contribution in [3.05, 3.63) is 61.0 Å². The Labute approximate surface area is 102 Å². The first-order chi connectivity index (χ1) is 8.28. The number of nitrogens with two attached hydrogens (primary N) is 1. The molecule has 87 valence electrons. The van der Waals surface area contributed by atoms with Crippen molar-refractivity contribution in [2.75, 3.05) is 5.73 Å². The number of benzene rings is 2. The highest BCUT2D eigenvalue weighted by atomic mass is 16.5. The maximum Gasteiger partial charge on any atom is 0.127 e. The molecule has 0 aliphatic carbocycles. The van der Waals surface area contributed by atoms with Gasteiger partial charge in [-0.2, -0.15) is 0 Å². The molecule has 1 radical (unpaired) electrons. The highest BCUT2D eigenvalue weighted by Gasteiger charge is 1.97. The predicted molar refractivity (Wildman–Crippen MR) is 71.0 cm³/mol. The van der Waals surface area contributed by atoms with Gasteiger partial charge in [0.25, 0.3) is 0 Å². The molecule has 2 rings (SSSR count). The third kappa shape index (κ3) is 3.25. The van der Waals surface area contributed by atoms with Crippen molar-refractivity contribution in [1.29, 1.82) is 0 Å². The lowest BCUT2D eigenvalue weighted by Gasteiger charge is -2.06. The molecule has 0 unspecified atom stereocenters. The second-order valence-electron chi connectivity index (χ2n) is 3.92. The van der Waals surface area contributed by atoms with E-state index >= 15 is 0 Å². The van der Waals surface area contributed by atoms with Crippen LogP contribution in [0.3, 0.4) is 0 Å². The molecule has 2 aromatic carbocycles. The van der Waals surface area contributed by atoms with Gasteiger partial charge in [-0.25, -0.2) is 0 Å². The van der Waals surface area contributed by atoms with E-state index in [-0.39, 0.29) is 0 Å². The van der Waals surface area contributed by atoms with Crippen LogP contribution in [0.2, 0.25) is 0 Å². The van der Waals surface area contributed by atoms with E-state index in [1.54, 1.807) is 0 Å². The lowest BCUT2D eigenvalue weighted by Crippen LogP contribution is -1.87. The normalized spacial score (nSPS) is 10.2. The molecular formula is C15H16NO. The molecule has 0 atom stereocenters. The minimum atomic E-state index is 0.739. The topological polar surface area (TPSA) is 35.2 Å². The van der Waals surface area contributed by atoms with E-state index in [4.69, 9.17) is 10.5 Å². The summed E-state index contributed by atoms with van der Waals surface area (Å²) in [4.78, 5) is 0. The molecule has 0 aliphatic heterocycles. The molecule has 0 aromatic heterocycles. The lowest BCUT2D eigenvalue weighted by atomic mass is 10.1. The molecule has 0 bridgehead atoms. The van der Waals surface area contributed by atoms with Crippen molar-refractivity contribution in [2.45, 2.75) is 12.8 Å². The second kappa shape index (κ2) is 5.39. The van der Waals surface area contributed by atoms with Crippen LogP contribution in [-0.4, -0.2) is 0 Å². The molecule has 0 spiro atoms. The first-order valence-electron chi connectivity index (χ1n) is 5.69. The number of aryl methyl sites for hydroxylation is 1. The molecule has 0 amide bonds. The molecule has 2 N–H and O–H groups in total. The summed E-state index contributed by atoms with van der Waals surface area (Å²) in [5.41, 5.74) is 7.63. The van der Waals surface area contributed by atoms with Crippen LogP contribution in [-0.2, 0) is 6.42 Å². The Balaban J connectivity index is 2.05. The van der Waals surface area contributed by atoms with Gasteiger partial charge in [0, 0.05) is 5.69 Å². The second-order valence-corrected chi connectivity index (χ2v) is 3.92. The summed E-state index contributed by atoms with van der Waals surface area (Å²) in [5.74, 6) is 1.63. The third-order valence-electron chi connectivity index (χ3n) is 2.50. The molecule has 2 heteroatoms. The quantitative estimate of drug-likeness (QED) is 0.804. The summed E-state index contributed by atoms with van der Waals surface area (Å²) >= 11 is 0. The van der Waals surface area contributed by atoms with Gasteiger partial charge in [-0.3, -0.25) is 0 Å². The fourth-order valence-electron chi connectivity index (χ4n) is 1.60. The van der Waals surface area contributed by atoms with E-state index in [1.165, 1.54) is 5.56 Å².